The summed E-state index contributed by atoms with van der Waals surface area (Å²) < 4.78 is 38.6. The molecule has 21 heavy (non-hydrogen) atoms. The standard InChI is InChI=1S/C16H12BrF3O/c1-9-3-4-11(7-10(9)2)15(21)13-8-12(16(18,19)20)5-6-14(13)17/h3-8H,1-2H3. The average molecular weight is 357 g/mol. The molecule has 110 valence electrons. The highest BCUT2D eigenvalue weighted by Gasteiger charge is 2.31. The lowest BCUT2D eigenvalue weighted by atomic mass is 9.98. The molecule has 0 saturated carbocycles. The second-order valence-electron chi connectivity index (χ2n) is 4.82. The van der Waals surface area contributed by atoms with Gasteiger partial charge in [0.05, 0.1) is 5.56 Å². The summed E-state index contributed by atoms with van der Waals surface area (Å²) in [7, 11) is 0. The number of carbonyl (C=O) groups excluding carboxylic acids is 1. The van der Waals surface area contributed by atoms with Crippen LogP contribution >= 0.6 is 15.9 Å². The average Bonchev–Trinajstić information content (AvgIpc) is 2.40. The van der Waals surface area contributed by atoms with Gasteiger partial charge in [-0.1, -0.05) is 28.1 Å². The molecule has 0 radical (unpaired) electrons. The summed E-state index contributed by atoms with van der Waals surface area (Å²) in [4.78, 5) is 12.4. The lowest BCUT2D eigenvalue weighted by molar-refractivity contribution is -0.137. The van der Waals surface area contributed by atoms with Crippen LogP contribution in [0.3, 0.4) is 0 Å². The number of rotatable bonds is 2. The molecule has 0 N–H and O–H groups in total. The fourth-order valence-electron chi connectivity index (χ4n) is 1.91. The van der Waals surface area contributed by atoms with E-state index in [0.717, 1.165) is 23.3 Å². The van der Waals surface area contributed by atoms with Gasteiger partial charge in [0.15, 0.2) is 5.78 Å². The van der Waals surface area contributed by atoms with Crippen LogP contribution in [0.4, 0.5) is 13.2 Å². The van der Waals surface area contributed by atoms with Crippen molar-refractivity contribution in [3.05, 3.63) is 68.7 Å². The van der Waals surface area contributed by atoms with E-state index >= 15 is 0 Å². The Hall–Kier alpha value is -1.62. The molecule has 2 aromatic rings. The van der Waals surface area contributed by atoms with Crippen molar-refractivity contribution in [3.8, 4) is 0 Å². The summed E-state index contributed by atoms with van der Waals surface area (Å²) in [6, 6.07) is 8.16. The molecule has 0 amide bonds. The van der Waals surface area contributed by atoms with E-state index in [1.54, 1.807) is 18.2 Å². The van der Waals surface area contributed by atoms with Crippen LogP contribution in [0.2, 0.25) is 0 Å². The molecule has 2 rings (SSSR count). The molecule has 0 spiro atoms. The number of hydrogen-bond donors (Lipinski definition) is 0. The number of halogens is 4. The maximum atomic E-state index is 12.8. The third kappa shape index (κ3) is 3.35. The lowest BCUT2D eigenvalue weighted by Crippen LogP contribution is -2.09. The number of ketones is 1. The first-order valence-corrected chi connectivity index (χ1v) is 6.98. The number of carbonyl (C=O) groups is 1. The Morgan fingerprint density at radius 3 is 2.24 bits per heavy atom. The Labute approximate surface area is 128 Å². The summed E-state index contributed by atoms with van der Waals surface area (Å²) in [5, 5.41) is 0. The van der Waals surface area contributed by atoms with Gasteiger partial charge in [0.2, 0.25) is 0 Å². The van der Waals surface area contributed by atoms with Gasteiger partial charge in [-0.3, -0.25) is 4.79 Å². The van der Waals surface area contributed by atoms with Crippen molar-refractivity contribution in [1.82, 2.24) is 0 Å². The molecule has 0 aliphatic carbocycles. The van der Waals surface area contributed by atoms with Crippen LogP contribution in [0, 0.1) is 13.8 Å². The third-order valence-corrected chi connectivity index (χ3v) is 4.00. The SMILES string of the molecule is Cc1ccc(C(=O)c2cc(C(F)(F)F)ccc2Br)cc1C. The van der Waals surface area contributed by atoms with Crippen molar-refractivity contribution in [1.29, 1.82) is 0 Å². The van der Waals surface area contributed by atoms with Gasteiger partial charge in [-0.05, 0) is 49.2 Å². The fourth-order valence-corrected chi connectivity index (χ4v) is 2.34. The molecular formula is C16H12BrF3O. The minimum absolute atomic E-state index is 0.00748. The maximum Gasteiger partial charge on any atom is 0.416 e. The summed E-state index contributed by atoms with van der Waals surface area (Å²) in [6.45, 7) is 3.76. The molecule has 5 heteroatoms. The fraction of sp³-hybridized carbons (Fsp3) is 0.188. The van der Waals surface area contributed by atoms with E-state index in [9.17, 15) is 18.0 Å². The van der Waals surface area contributed by atoms with Gasteiger partial charge in [-0.25, -0.2) is 0 Å². The van der Waals surface area contributed by atoms with E-state index in [1.165, 1.54) is 6.07 Å². The van der Waals surface area contributed by atoms with Crippen molar-refractivity contribution >= 4 is 21.7 Å². The first-order valence-electron chi connectivity index (χ1n) is 6.19. The molecule has 0 bridgehead atoms. The van der Waals surface area contributed by atoms with Gasteiger partial charge in [0.1, 0.15) is 0 Å². The minimum atomic E-state index is -4.47. The maximum absolute atomic E-state index is 12.8. The van der Waals surface area contributed by atoms with Crippen molar-refractivity contribution in [2.75, 3.05) is 0 Å². The minimum Gasteiger partial charge on any atom is -0.289 e. The smallest absolute Gasteiger partial charge is 0.289 e. The van der Waals surface area contributed by atoms with Crippen LogP contribution in [0.1, 0.15) is 32.6 Å². The van der Waals surface area contributed by atoms with Crippen LogP contribution in [0.5, 0.6) is 0 Å². The predicted molar refractivity (Wildman–Crippen MR) is 78.5 cm³/mol. The van der Waals surface area contributed by atoms with Gasteiger partial charge in [-0.15, -0.1) is 0 Å². The number of hydrogen-bond acceptors (Lipinski definition) is 1. The van der Waals surface area contributed by atoms with Crippen molar-refractivity contribution < 1.29 is 18.0 Å². The van der Waals surface area contributed by atoms with Crippen LogP contribution in [0.15, 0.2) is 40.9 Å². The topological polar surface area (TPSA) is 17.1 Å². The van der Waals surface area contributed by atoms with Crippen molar-refractivity contribution in [2.24, 2.45) is 0 Å². The van der Waals surface area contributed by atoms with Gasteiger partial charge < -0.3 is 0 Å². The second-order valence-corrected chi connectivity index (χ2v) is 5.67. The number of aryl methyl sites for hydroxylation is 2. The van der Waals surface area contributed by atoms with E-state index in [0.29, 0.717) is 10.0 Å². The highest BCUT2D eigenvalue weighted by molar-refractivity contribution is 9.10. The largest absolute Gasteiger partial charge is 0.416 e. The lowest BCUT2D eigenvalue weighted by Gasteiger charge is -2.11. The Bertz CT molecular complexity index is 705. The Balaban J connectivity index is 2.50. The number of benzene rings is 2. The molecule has 0 aromatic heterocycles. The van der Waals surface area contributed by atoms with Crippen LogP contribution in [-0.2, 0) is 6.18 Å². The monoisotopic (exact) mass is 356 g/mol. The summed E-state index contributed by atoms with van der Waals surface area (Å²) >= 11 is 3.14. The highest BCUT2D eigenvalue weighted by atomic mass is 79.9. The first-order chi connectivity index (χ1) is 9.70. The highest BCUT2D eigenvalue weighted by Crippen LogP contribution is 2.32. The Kier molecular flexibility index (Phi) is 4.23. The molecule has 0 aliphatic heterocycles. The zero-order chi connectivity index (χ0) is 15.8. The molecule has 0 aliphatic rings. The van der Waals surface area contributed by atoms with Crippen LogP contribution in [-0.4, -0.2) is 5.78 Å². The second kappa shape index (κ2) is 5.64. The summed E-state index contributed by atoms with van der Waals surface area (Å²) in [5.74, 6) is -0.434. The summed E-state index contributed by atoms with van der Waals surface area (Å²) in [6.07, 6.45) is -4.47. The van der Waals surface area contributed by atoms with Gasteiger partial charge in [-0.2, -0.15) is 13.2 Å². The van der Waals surface area contributed by atoms with Gasteiger partial charge >= 0.3 is 6.18 Å². The zero-order valence-corrected chi connectivity index (χ0v) is 13.0. The molecule has 0 saturated heterocycles. The van der Waals surface area contributed by atoms with E-state index in [2.05, 4.69) is 15.9 Å². The Morgan fingerprint density at radius 1 is 1.00 bits per heavy atom. The van der Waals surface area contributed by atoms with E-state index in [-0.39, 0.29) is 5.56 Å². The van der Waals surface area contributed by atoms with E-state index < -0.39 is 17.5 Å². The van der Waals surface area contributed by atoms with Crippen LogP contribution in [0.25, 0.3) is 0 Å². The summed E-state index contributed by atoms with van der Waals surface area (Å²) in [5.41, 5.74) is 1.49. The van der Waals surface area contributed by atoms with Crippen molar-refractivity contribution in [2.45, 2.75) is 20.0 Å². The molecule has 0 unspecified atom stereocenters. The third-order valence-electron chi connectivity index (χ3n) is 3.31. The quantitative estimate of drug-likeness (QED) is 0.666. The predicted octanol–water partition coefficient (Wildman–Crippen LogP) is 5.32. The number of alkyl halides is 3. The molecule has 0 fully saturated rings. The van der Waals surface area contributed by atoms with E-state index in [1.807, 2.05) is 13.8 Å². The molecule has 2 aromatic carbocycles. The first kappa shape index (κ1) is 15.8. The Morgan fingerprint density at radius 2 is 1.67 bits per heavy atom. The van der Waals surface area contributed by atoms with Gasteiger partial charge in [0.25, 0.3) is 0 Å². The molecule has 0 heterocycles. The normalized spacial score (nSPS) is 11.5. The molecular weight excluding hydrogens is 345 g/mol. The molecule has 0 atom stereocenters. The van der Waals surface area contributed by atoms with Crippen molar-refractivity contribution in [3.63, 3.8) is 0 Å². The zero-order valence-electron chi connectivity index (χ0n) is 11.4. The van der Waals surface area contributed by atoms with E-state index in [4.69, 9.17) is 0 Å². The van der Waals surface area contributed by atoms with Crippen LogP contribution < -0.4 is 0 Å². The molecule has 1 nitrogen and oxygen atoms in total. The van der Waals surface area contributed by atoms with Gasteiger partial charge in [0, 0.05) is 15.6 Å².